The van der Waals surface area contributed by atoms with E-state index in [9.17, 15) is 9.59 Å². The Morgan fingerprint density at radius 2 is 1.60 bits per heavy atom. The molecule has 1 fully saturated rings. The maximum Gasteiger partial charge on any atom is 0.251 e. The Morgan fingerprint density at radius 1 is 0.960 bits per heavy atom. The van der Waals surface area contributed by atoms with Gasteiger partial charge in [0.1, 0.15) is 6.04 Å². The standard InChI is InChI=1S/C20H23N3O2/c1-15(21-20(25)16-7-3-2-4-8-16)19(24)22-17-9-11-18(12-10-17)23-13-5-6-14-23/h2-4,7-12,15H,5-6,13-14H2,1H3,(H,21,25)(H,22,24). The van der Waals surface area contributed by atoms with Gasteiger partial charge in [0, 0.05) is 30.0 Å². The molecule has 1 heterocycles. The van der Waals surface area contributed by atoms with Crippen molar-refractivity contribution in [1.29, 1.82) is 0 Å². The number of nitrogens with zero attached hydrogens (tertiary/aromatic N) is 1. The van der Waals surface area contributed by atoms with Crippen LogP contribution >= 0.6 is 0 Å². The van der Waals surface area contributed by atoms with Gasteiger partial charge in [-0.2, -0.15) is 0 Å². The van der Waals surface area contributed by atoms with Gasteiger partial charge in [-0.15, -0.1) is 0 Å². The molecule has 2 amide bonds. The quantitative estimate of drug-likeness (QED) is 0.881. The van der Waals surface area contributed by atoms with Crippen LogP contribution in [0.3, 0.4) is 0 Å². The van der Waals surface area contributed by atoms with E-state index in [-0.39, 0.29) is 11.8 Å². The minimum Gasteiger partial charge on any atom is -0.372 e. The average Bonchev–Trinajstić information content (AvgIpc) is 3.17. The third-order valence-electron chi connectivity index (χ3n) is 4.38. The Balaban J connectivity index is 1.55. The number of anilines is 2. The van der Waals surface area contributed by atoms with Gasteiger partial charge in [-0.05, 0) is 56.2 Å². The molecule has 2 N–H and O–H groups in total. The molecule has 0 radical (unpaired) electrons. The second kappa shape index (κ2) is 7.83. The zero-order valence-corrected chi connectivity index (χ0v) is 14.4. The fourth-order valence-corrected chi connectivity index (χ4v) is 2.92. The maximum atomic E-state index is 12.3. The maximum absolute atomic E-state index is 12.3. The van der Waals surface area contributed by atoms with Crippen molar-refractivity contribution in [2.24, 2.45) is 0 Å². The summed E-state index contributed by atoms with van der Waals surface area (Å²) in [5.74, 6) is -0.495. The number of carbonyl (C=O) groups is 2. The van der Waals surface area contributed by atoms with E-state index >= 15 is 0 Å². The molecule has 5 nitrogen and oxygen atoms in total. The SMILES string of the molecule is CC(NC(=O)c1ccccc1)C(=O)Nc1ccc(N2CCCC2)cc1. The molecule has 1 atom stereocenters. The first-order valence-electron chi connectivity index (χ1n) is 8.65. The molecule has 0 aliphatic carbocycles. The molecule has 2 aromatic carbocycles. The second-order valence-corrected chi connectivity index (χ2v) is 6.29. The van der Waals surface area contributed by atoms with Crippen LogP contribution in [0.5, 0.6) is 0 Å². The van der Waals surface area contributed by atoms with Crippen molar-refractivity contribution in [3.8, 4) is 0 Å². The third-order valence-corrected chi connectivity index (χ3v) is 4.38. The van der Waals surface area contributed by atoms with Crippen molar-refractivity contribution in [2.45, 2.75) is 25.8 Å². The first-order chi connectivity index (χ1) is 12.1. The molecule has 0 spiro atoms. The largest absolute Gasteiger partial charge is 0.372 e. The van der Waals surface area contributed by atoms with E-state index in [1.807, 2.05) is 30.3 Å². The second-order valence-electron chi connectivity index (χ2n) is 6.29. The molecule has 130 valence electrons. The van der Waals surface area contributed by atoms with E-state index in [0.717, 1.165) is 18.8 Å². The lowest BCUT2D eigenvalue weighted by molar-refractivity contribution is -0.117. The van der Waals surface area contributed by atoms with Crippen molar-refractivity contribution in [2.75, 3.05) is 23.3 Å². The van der Waals surface area contributed by atoms with Crippen molar-refractivity contribution < 1.29 is 9.59 Å². The minimum absolute atomic E-state index is 0.238. The number of rotatable bonds is 5. The van der Waals surface area contributed by atoms with Crippen LogP contribution in [0.4, 0.5) is 11.4 Å². The number of amides is 2. The Kier molecular flexibility index (Phi) is 5.33. The Hall–Kier alpha value is -2.82. The van der Waals surface area contributed by atoms with Gasteiger partial charge < -0.3 is 15.5 Å². The van der Waals surface area contributed by atoms with E-state index in [1.54, 1.807) is 31.2 Å². The molecule has 5 heteroatoms. The monoisotopic (exact) mass is 337 g/mol. The number of hydrogen-bond acceptors (Lipinski definition) is 3. The lowest BCUT2D eigenvalue weighted by atomic mass is 10.2. The summed E-state index contributed by atoms with van der Waals surface area (Å²) in [5.41, 5.74) is 2.45. The molecule has 1 aliphatic heterocycles. The molecule has 2 aromatic rings. The van der Waals surface area contributed by atoms with Crippen LogP contribution in [0, 0.1) is 0 Å². The van der Waals surface area contributed by atoms with Crippen LogP contribution in [0.25, 0.3) is 0 Å². The zero-order valence-electron chi connectivity index (χ0n) is 14.4. The van der Waals surface area contributed by atoms with Gasteiger partial charge in [0.2, 0.25) is 5.91 Å². The fourth-order valence-electron chi connectivity index (χ4n) is 2.92. The highest BCUT2D eigenvalue weighted by molar-refractivity contribution is 6.00. The van der Waals surface area contributed by atoms with Gasteiger partial charge in [0.15, 0.2) is 0 Å². The highest BCUT2D eigenvalue weighted by atomic mass is 16.2. The molecular formula is C20H23N3O2. The van der Waals surface area contributed by atoms with E-state index in [4.69, 9.17) is 0 Å². The Labute approximate surface area is 148 Å². The predicted octanol–water partition coefficient (Wildman–Crippen LogP) is 3.04. The van der Waals surface area contributed by atoms with Gasteiger partial charge in [-0.1, -0.05) is 18.2 Å². The highest BCUT2D eigenvalue weighted by Gasteiger charge is 2.17. The van der Waals surface area contributed by atoms with Crippen LogP contribution in [0.1, 0.15) is 30.1 Å². The third kappa shape index (κ3) is 4.38. The number of carbonyl (C=O) groups excluding carboxylic acids is 2. The summed E-state index contributed by atoms with van der Waals surface area (Å²) < 4.78 is 0. The number of benzene rings is 2. The van der Waals surface area contributed by atoms with E-state index in [2.05, 4.69) is 15.5 Å². The zero-order chi connectivity index (χ0) is 17.6. The summed E-state index contributed by atoms with van der Waals surface area (Å²) in [7, 11) is 0. The van der Waals surface area contributed by atoms with Crippen LogP contribution in [-0.2, 0) is 4.79 Å². The van der Waals surface area contributed by atoms with Gasteiger partial charge >= 0.3 is 0 Å². The van der Waals surface area contributed by atoms with E-state index in [0.29, 0.717) is 5.56 Å². The predicted molar refractivity (Wildman–Crippen MR) is 99.9 cm³/mol. The lowest BCUT2D eigenvalue weighted by Gasteiger charge is -2.18. The normalized spacial score (nSPS) is 14.8. The first kappa shape index (κ1) is 17.0. The summed E-state index contributed by atoms with van der Waals surface area (Å²) in [6.07, 6.45) is 2.47. The van der Waals surface area contributed by atoms with Crippen molar-refractivity contribution in [3.63, 3.8) is 0 Å². The topological polar surface area (TPSA) is 61.4 Å². The molecule has 0 aromatic heterocycles. The molecule has 1 aliphatic rings. The van der Waals surface area contributed by atoms with Crippen LogP contribution in [-0.4, -0.2) is 30.9 Å². The molecule has 0 bridgehead atoms. The first-order valence-corrected chi connectivity index (χ1v) is 8.65. The molecule has 3 rings (SSSR count). The summed E-state index contributed by atoms with van der Waals surface area (Å²) >= 11 is 0. The number of hydrogen-bond donors (Lipinski definition) is 2. The lowest BCUT2D eigenvalue weighted by Crippen LogP contribution is -2.41. The summed E-state index contributed by atoms with van der Waals surface area (Å²) in [6, 6.07) is 16.1. The highest BCUT2D eigenvalue weighted by Crippen LogP contribution is 2.22. The van der Waals surface area contributed by atoms with E-state index in [1.165, 1.54) is 18.5 Å². The number of nitrogens with one attached hydrogen (secondary N) is 2. The summed E-state index contributed by atoms with van der Waals surface area (Å²) in [6.45, 7) is 3.86. The van der Waals surface area contributed by atoms with Gasteiger partial charge in [-0.25, -0.2) is 0 Å². The fraction of sp³-hybridized carbons (Fsp3) is 0.300. The summed E-state index contributed by atoms with van der Waals surface area (Å²) in [5, 5.41) is 5.56. The molecule has 25 heavy (non-hydrogen) atoms. The van der Waals surface area contributed by atoms with Crippen molar-refractivity contribution in [3.05, 3.63) is 60.2 Å². The Bertz CT molecular complexity index is 722. The van der Waals surface area contributed by atoms with Crippen LogP contribution in [0.15, 0.2) is 54.6 Å². The van der Waals surface area contributed by atoms with Crippen LogP contribution in [0.2, 0.25) is 0 Å². The van der Waals surface area contributed by atoms with Gasteiger partial charge in [-0.3, -0.25) is 9.59 Å². The Morgan fingerprint density at radius 3 is 2.24 bits per heavy atom. The molecule has 1 saturated heterocycles. The minimum atomic E-state index is -0.619. The average molecular weight is 337 g/mol. The smallest absolute Gasteiger partial charge is 0.251 e. The summed E-state index contributed by atoms with van der Waals surface area (Å²) in [4.78, 5) is 26.7. The van der Waals surface area contributed by atoms with Crippen LogP contribution < -0.4 is 15.5 Å². The van der Waals surface area contributed by atoms with Gasteiger partial charge in [0.25, 0.3) is 5.91 Å². The molecule has 0 saturated carbocycles. The van der Waals surface area contributed by atoms with Crippen molar-refractivity contribution in [1.82, 2.24) is 5.32 Å². The molecule has 1 unspecified atom stereocenters. The molecular weight excluding hydrogens is 314 g/mol. The van der Waals surface area contributed by atoms with Crippen molar-refractivity contribution >= 4 is 23.2 Å². The van der Waals surface area contributed by atoms with E-state index < -0.39 is 6.04 Å². The van der Waals surface area contributed by atoms with Gasteiger partial charge in [0.05, 0.1) is 0 Å².